The third-order valence-electron chi connectivity index (χ3n) is 2.97. The standard InChI is InChI=1S/C16H12N2S/c19-16-11-10-15(17-18-16)14-8-6-13(7-9-14)12-4-2-1-3-5-12/h1-11H,(H,18,19). The first-order valence-corrected chi connectivity index (χ1v) is 6.45. The molecule has 19 heavy (non-hydrogen) atoms. The predicted molar refractivity (Wildman–Crippen MR) is 80.3 cm³/mol. The largest absolute Gasteiger partial charge is 0.267 e. The minimum absolute atomic E-state index is 0.643. The Morgan fingerprint density at radius 3 is 1.95 bits per heavy atom. The summed E-state index contributed by atoms with van der Waals surface area (Å²) in [6, 6.07) is 22.4. The molecule has 3 aromatic rings. The van der Waals surface area contributed by atoms with Crippen LogP contribution in [0.15, 0.2) is 66.7 Å². The van der Waals surface area contributed by atoms with Crippen molar-refractivity contribution in [2.24, 2.45) is 0 Å². The second kappa shape index (κ2) is 5.16. The van der Waals surface area contributed by atoms with Gasteiger partial charge in [-0.2, -0.15) is 5.10 Å². The van der Waals surface area contributed by atoms with Gasteiger partial charge in [0.2, 0.25) is 0 Å². The number of H-pyrrole nitrogens is 1. The number of benzene rings is 2. The molecule has 92 valence electrons. The van der Waals surface area contributed by atoms with E-state index in [0.29, 0.717) is 4.64 Å². The molecule has 0 fully saturated rings. The summed E-state index contributed by atoms with van der Waals surface area (Å²) < 4.78 is 0.643. The molecule has 0 saturated carbocycles. The van der Waals surface area contributed by atoms with Crippen LogP contribution in [0.2, 0.25) is 0 Å². The number of hydrogen-bond donors (Lipinski definition) is 1. The summed E-state index contributed by atoms with van der Waals surface area (Å²) in [6.07, 6.45) is 0. The van der Waals surface area contributed by atoms with E-state index in [1.54, 1.807) is 0 Å². The molecule has 0 unspecified atom stereocenters. The van der Waals surface area contributed by atoms with Gasteiger partial charge in [-0.3, -0.25) is 5.10 Å². The van der Waals surface area contributed by atoms with Crippen molar-refractivity contribution in [1.29, 1.82) is 0 Å². The molecule has 0 bridgehead atoms. The minimum atomic E-state index is 0.643. The molecule has 0 saturated heterocycles. The molecular formula is C16H12N2S. The van der Waals surface area contributed by atoms with Crippen molar-refractivity contribution >= 4 is 12.2 Å². The highest BCUT2D eigenvalue weighted by Crippen LogP contribution is 2.23. The first-order valence-electron chi connectivity index (χ1n) is 6.04. The normalized spacial score (nSPS) is 10.3. The van der Waals surface area contributed by atoms with Gasteiger partial charge in [0.25, 0.3) is 0 Å². The van der Waals surface area contributed by atoms with E-state index in [0.717, 1.165) is 11.3 Å². The Morgan fingerprint density at radius 1 is 0.684 bits per heavy atom. The van der Waals surface area contributed by atoms with E-state index in [1.807, 2.05) is 30.3 Å². The summed E-state index contributed by atoms with van der Waals surface area (Å²) in [7, 11) is 0. The molecule has 0 atom stereocenters. The molecule has 0 aliphatic heterocycles. The molecule has 0 aliphatic carbocycles. The fraction of sp³-hybridized carbons (Fsp3) is 0. The number of aromatic nitrogens is 2. The topological polar surface area (TPSA) is 28.7 Å². The summed E-state index contributed by atoms with van der Waals surface area (Å²) >= 11 is 4.99. The Balaban J connectivity index is 1.95. The third-order valence-corrected chi connectivity index (χ3v) is 3.19. The first kappa shape index (κ1) is 11.8. The SMILES string of the molecule is S=c1ccc(-c2ccc(-c3ccccc3)cc2)n[nH]1. The average Bonchev–Trinajstić information content (AvgIpc) is 2.49. The van der Waals surface area contributed by atoms with Gasteiger partial charge in [-0.15, -0.1) is 0 Å². The summed E-state index contributed by atoms with van der Waals surface area (Å²) in [6.45, 7) is 0. The molecule has 3 heteroatoms. The van der Waals surface area contributed by atoms with Crippen LogP contribution in [0.25, 0.3) is 22.4 Å². The van der Waals surface area contributed by atoms with Crippen LogP contribution in [0.5, 0.6) is 0 Å². The number of hydrogen-bond acceptors (Lipinski definition) is 2. The molecule has 1 aromatic heterocycles. The Labute approximate surface area is 116 Å². The van der Waals surface area contributed by atoms with Crippen LogP contribution in [-0.4, -0.2) is 10.2 Å². The van der Waals surface area contributed by atoms with E-state index >= 15 is 0 Å². The Kier molecular flexibility index (Phi) is 3.21. The van der Waals surface area contributed by atoms with Gasteiger partial charge in [-0.05, 0) is 23.3 Å². The zero-order valence-electron chi connectivity index (χ0n) is 10.2. The van der Waals surface area contributed by atoms with Crippen molar-refractivity contribution in [1.82, 2.24) is 10.2 Å². The Bertz CT molecular complexity index is 710. The molecule has 0 aliphatic rings. The van der Waals surface area contributed by atoms with Gasteiger partial charge in [0.1, 0.15) is 4.64 Å². The van der Waals surface area contributed by atoms with Crippen LogP contribution in [0.4, 0.5) is 0 Å². The fourth-order valence-electron chi connectivity index (χ4n) is 1.97. The molecule has 0 spiro atoms. The maximum atomic E-state index is 4.99. The highest BCUT2D eigenvalue weighted by Gasteiger charge is 2.00. The number of aromatic amines is 1. The van der Waals surface area contributed by atoms with Gasteiger partial charge in [0, 0.05) is 5.56 Å². The lowest BCUT2D eigenvalue weighted by molar-refractivity contribution is 1.02. The first-order chi connectivity index (χ1) is 9.33. The summed E-state index contributed by atoms with van der Waals surface area (Å²) in [4.78, 5) is 0. The molecule has 2 aromatic carbocycles. The van der Waals surface area contributed by atoms with E-state index in [9.17, 15) is 0 Å². The van der Waals surface area contributed by atoms with Crippen molar-refractivity contribution in [2.45, 2.75) is 0 Å². The molecule has 0 radical (unpaired) electrons. The number of rotatable bonds is 2. The highest BCUT2D eigenvalue weighted by atomic mass is 32.1. The van der Waals surface area contributed by atoms with Crippen molar-refractivity contribution < 1.29 is 0 Å². The van der Waals surface area contributed by atoms with Crippen LogP contribution in [-0.2, 0) is 0 Å². The van der Waals surface area contributed by atoms with Gasteiger partial charge >= 0.3 is 0 Å². The monoisotopic (exact) mass is 264 g/mol. The van der Waals surface area contributed by atoms with Crippen LogP contribution in [0.3, 0.4) is 0 Å². The molecule has 1 heterocycles. The zero-order valence-corrected chi connectivity index (χ0v) is 11.0. The van der Waals surface area contributed by atoms with Crippen LogP contribution >= 0.6 is 12.2 Å². The van der Waals surface area contributed by atoms with Crippen LogP contribution in [0.1, 0.15) is 0 Å². The summed E-state index contributed by atoms with van der Waals surface area (Å²) in [5.74, 6) is 0. The Morgan fingerprint density at radius 2 is 1.32 bits per heavy atom. The number of nitrogens with zero attached hydrogens (tertiary/aromatic N) is 1. The minimum Gasteiger partial charge on any atom is -0.267 e. The predicted octanol–water partition coefficient (Wildman–Crippen LogP) is 4.47. The summed E-state index contributed by atoms with van der Waals surface area (Å²) in [5, 5.41) is 7.03. The molecule has 1 N–H and O–H groups in total. The maximum Gasteiger partial charge on any atom is 0.119 e. The van der Waals surface area contributed by atoms with Crippen molar-refractivity contribution in [3.05, 3.63) is 71.4 Å². The van der Waals surface area contributed by atoms with Crippen molar-refractivity contribution in [3.63, 3.8) is 0 Å². The van der Waals surface area contributed by atoms with E-state index in [1.165, 1.54) is 11.1 Å². The van der Waals surface area contributed by atoms with Crippen LogP contribution in [0, 0.1) is 4.64 Å². The highest BCUT2D eigenvalue weighted by molar-refractivity contribution is 7.71. The van der Waals surface area contributed by atoms with E-state index < -0.39 is 0 Å². The fourth-order valence-corrected chi connectivity index (χ4v) is 2.08. The quantitative estimate of drug-likeness (QED) is 0.692. The lowest BCUT2D eigenvalue weighted by Gasteiger charge is -2.04. The van der Waals surface area contributed by atoms with Crippen molar-refractivity contribution in [2.75, 3.05) is 0 Å². The zero-order chi connectivity index (χ0) is 13.1. The third kappa shape index (κ3) is 2.61. The average molecular weight is 264 g/mol. The Hall–Kier alpha value is -2.26. The molecular weight excluding hydrogens is 252 g/mol. The second-order valence-electron chi connectivity index (χ2n) is 4.25. The lowest BCUT2D eigenvalue weighted by Crippen LogP contribution is -1.87. The summed E-state index contributed by atoms with van der Waals surface area (Å²) in [5.41, 5.74) is 4.39. The van der Waals surface area contributed by atoms with Gasteiger partial charge in [-0.1, -0.05) is 66.8 Å². The van der Waals surface area contributed by atoms with Crippen LogP contribution < -0.4 is 0 Å². The van der Waals surface area contributed by atoms with E-state index in [2.05, 4.69) is 46.6 Å². The van der Waals surface area contributed by atoms with Gasteiger partial charge in [0.15, 0.2) is 0 Å². The van der Waals surface area contributed by atoms with E-state index in [4.69, 9.17) is 12.2 Å². The maximum absolute atomic E-state index is 4.99. The van der Waals surface area contributed by atoms with E-state index in [-0.39, 0.29) is 0 Å². The van der Waals surface area contributed by atoms with Gasteiger partial charge in [-0.25, -0.2) is 0 Å². The van der Waals surface area contributed by atoms with Crippen molar-refractivity contribution in [3.8, 4) is 22.4 Å². The number of nitrogens with one attached hydrogen (secondary N) is 1. The lowest BCUT2D eigenvalue weighted by atomic mass is 10.0. The molecule has 3 rings (SSSR count). The molecule has 2 nitrogen and oxygen atoms in total. The second-order valence-corrected chi connectivity index (χ2v) is 4.69. The van der Waals surface area contributed by atoms with Gasteiger partial charge < -0.3 is 0 Å². The van der Waals surface area contributed by atoms with Gasteiger partial charge in [0.05, 0.1) is 5.69 Å². The molecule has 0 amide bonds. The smallest absolute Gasteiger partial charge is 0.119 e.